The molecule has 0 bridgehead atoms. The molecule has 0 saturated carbocycles. The zero-order chi connectivity index (χ0) is 8.81. The zero-order valence-corrected chi connectivity index (χ0v) is 8.45. The van der Waals surface area contributed by atoms with Gasteiger partial charge in [-0.2, -0.15) is 11.8 Å². The summed E-state index contributed by atoms with van der Waals surface area (Å²) in [5.74, 6) is 1.20. The molecule has 1 atom stereocenters. The summed E-state index contributed by atoms with van der Waals surface area (Å²) in [7, 11) is 2.01. The first kappa shape index (κ1) is 9.68. The SMILES string of the molecule is CNC(CCSC)c1ccc[nH]1. The lowest BCUT2D eigenvalue weighted by atomic mass is 10.1. The first-order chi connectivity index (χ1) is 5.88. The van der Waals surface area contributed by atoms with Gasteiger partial charge in [-0.05, 0) is 37.6 Å². The lowest BCUT2D eigenvalue weighted by molar-refractivity contribution is 0.569. The fraction of sp³-hybridized carbons (Fsp3) is 0.556. The Hall–Kier alpha value is -0.410. The highest BCUT2D eigenvalue weighted by Crippen LogP contribution is 2.15. The summed E-state index contributed by atoms with van der Waals surface area (Å²) in [6.45, 7) is 0. The predicted molar refractivity (Wildman–Crippen MR) is 55.6 cm³/mol. The molecule has 0 aliphatic heterocycles. The third-order valence-electron chi connectivity index (χ3n) is 1.96. The van der Waals surface area contributed by atoms with Crippen LogP contribution in [0.25, 0.3) is 0 Å². The van der Waals surface area contributed by atoms with E-state index in [-0.39, 0.29) is 0 Å². The molecule has 0 radical (unpaired) electrons. The van der Waals surface area contributed by atoms with E-state index >= 15 is 0 Å². The molecular formula is C9H16N2S. The Bertz CT molecular complexity index is 196. The number of H-pyrrole nitrogens is 1. The molecule has 0 aromatic carbocycles. The molecule has 1 heterocycles. The minimum Gasteiger partial charge on any atom is -0.364 e. The normalized spacial score (nSPS) is 13.2. The van der Waals surface area contributed by atoms with E-state index in [1.165, 1.54) is 17.9 Å². The van der Waals surface area contributed by atoms with Gasteiger partial charge in [0.25, 0.3) is 0 Å². The molecule has 0 saturated heterocycles. The minimum atomic E-state index is 0.479. The van der Waals surface area contributed by atoms with E-state index in [0.717, 1.165) is 0 Å². The van der Waals surface area contributed by atoms with Crippen LogP contribution in [0.1, 0.15) is 18.2 Å². The van der Waals surface area contributed by atoms with Gasteiger partial charge in [0.1, 0.15) is 0 Å². The highest BCUT2D eigenvalue weighted by atomic mass is 32.2. The molecule has 0 aliphatic carbocycles. The van der Waals surface area contributed by atoms with Crippen molar-refractivity contribution in [2.24, 2.45) is 0 Å². The van der Waals surface area contributed by atoms with E-state index in [4.69, 9.17) is 0 Å². The average molecular weight is 184 g/mol. The van der Waals surface area contributed by atoms with Crippen LogP contribution in [0, 0.1) is 0 Å². The monoisotopic (exact) mass is 184 g/mol. The van der Waals surface area contributed by atoms with E-state index in [2.05, 4.69) is 22.6 Å². The van der Waals surface area contributed by atoms with Crippen molar-refractivity contribution in [3.63, 3.8) is 0 Å². The lowest BCUT2D eigenvalue weighted by Crippen LogP contribution is -2.17. The van der Waals surface area contributed by atoms with Crippen LogP contribution in [-0.2, 0) is 0 Å². The van der Waals surface area contributed by atoms with Crippen molar-refractivity contribution in [1.29, 1.82) is 0 Å². The van der Waals surface area contributed by atoms with Gasteiger partial charge in [-0.3, -0.25) is 0 Å². The topological polar surface area (TPSA) is 27.8 Å². The summed E-state index contributed by atoms with van der Waals surface area (Å²) < 4.78 is 0. The van der Waals surface area contributed by atoms with Crippen LogP contribution in [0.3, 0.4) is 0 Å². The molecule has 0 aliphatic rings. The van der Waals surface area contributed by atoms with Crippen molar-refractivity contribution in [2.75, 3.05) is 19.1 Å². The van der Waals surface area contributed by atoms with Crippen molar-refractivity contribution in [2.45, 2.75) is 12.5 Å². The second kappa shape index (κ2) is 5.27. The number of thioether (sulfide) groups is 1. The molecule has 1 aromatic rings. The van der Waals surface area contributed by atoms with E-state index in [9.17, 15) is 0 Å². The number of hydrogen-bond donors (Lipinski definition) is 2. The van der Waals surface area contributed by atoms with Crippen LogP contribution in [0.2, 0.25) is 0 Å². The highest BCUT2D eigenvalue weighted by Gasteiger charge is 2.07. The standard InChI is InChI=1S/C9H16N2S/c1-10-8(5-7-12-2)9-4-3-6-11-9/h3-4,6,8,10-11H,5,7H2,1-2H3. The summed E-state index contributed by atoms with van der Waals surface area (Å²) in [6, 6.07) is 4.65. The van der Waals surface area contributed by atoms with Gasteiger partial charge in [-0.15, -0.1) is 0 Å². The van der Waals surface area contributed by atoms with Crippen LogP contribution in [0.4, 0.5) is 0 Å². The maximum atomic E-state index is 3.29. The maximum Gasteiger partial charge on any atom is 0.0478 e. The van der Waals surface area contributed by atoms with Crippen molar-refractivity contribution in [3.8, 4) is 0 Å². The Morgan fingerprint density at radius 3 is 3.00 bits per heavy atom. The van der Waals surface area contributed by atoms with Crippen LogP contribution in [0.15, 0.2) is 18.3 Å². The van der Waals surface area contributed by atoms with Crippen molar-refractivity contribution < 1.29 is 0 Å². The molecule has 1 aromatic heterocycles. The second-order valence-electron chi connectivity index (χ2n) is 2.75. The van der Waals surface area contributed by atoms with Gasteiger partial charge in [0.2, 0.25) is 0 Å². The Morgan fingerprint density at radius 2 is 2.50 bits per heavy atom. The first-order valence-electron chi connectivity index (χ1n) is 4.18. The molecule has 12 heavy (non-hydrogen) atoms. The summed E-state index contributed by atoms with van der Waals surface area (Å²) in [6.07, 6.45) is 5.29. The average Bonchev–Trinajstić information content (AvgIpc) is 2.59. The quantitative estimate of drug-likeness (QED) is 0.733. The Kier molecular flexibility index (Phi) is 4.25. The van der Waals surface area contributed by atoms with E-state index < -0.39 is 0 Å². The molecule has 0 fully saturated rings. The molecule has 2 N–H and O–H groups in total. The molecular weight excluding hydrogens is 168 g/mol. The summed E-state index contributed by atoms with van der Waals surface area (Å²) in [5, 5.41) is 3.29. The predicted octanol–water partition coefficient (Wildman–Crippen LogP) is 2.03. The van der Waals surface area contributed by atoms with Gasteiger partial charge < -0.3 is 10.3 Å². The third kappa shape index (κ3) is 2.57. The van der Waals surface area contributed by atoms with Gasteiger partial charge in [-0.25, -0.2) is 0 Å². The minimum absolute atomic E-state index is 0.479. The Morgan fingerprint density at radius 1 is 1.67 bits per heavy atom. The molecule has 3 heteroatoms. The fourth-order valence-corrected chi connectivity index (χ4v) is 1.72. The maximum absolute atomic E-state index is 3.29. The fourth-order valence-electron chi connectivity index (χ4n) is 1.25. The number of nitrogens with one attached hydrogen (secondary N) is 2. The van der Waals surface area contributed by atoms with Gasteiger partial charge in [0.05, 0.1) is 0 Å². The Labute approximate surface area is 78.1 Å². The number of aromatic amines is 1. The lowest BCUT2D eigenvalue weighted by Gasteiger charge is -2.13. The summed E-state index contributed by atoms with van der Waals surface area (Å²) in [5.41, 5.74) is 1.28. The molecule has 68 valence electrons. The molecule has 1 unspecified atom stereocenters. The van der Waals surface area contributed by atoms with E-state index in [1.807, 2.05) is 31.1 Å². The largest absolute Gasteiger partial charge is 0.364 e. The zero-order valence-electron chi connectivity index (χ0n) is 7.63. The smallest absolute Gasteiger partial charge is 0.0478 e. The summed E-state index contributed by atoms with van der Waals surface area (Å²) >= 11 is 1.89. The van der Waals surface area contributed by atoms with Crippen LogP contribution in [-0.4, -0.2) is 24.0 Å². The number of hydrogen-bond acceptors (Lipinski definition) is 2. The molecule has 0 spiro atoms. The van der Waals surface area contributed by atoms with Crippen LogP contribution < -0.4 is 5.32 Å². The van der Waals surface area contributed by atoms with Gasteiger partial charge in [0, 0.05) is 17.9 Å². The highest BCUT2D eigenvalue weighted by molar-refractivity contribution is 7.98. The molecule has 1 rings (SSSR count). The van der Waals surface area contributed by atoms with Gasteiger partial charge >= 0.3 is 0 Å². The van der Waals surface area contributed by atoms with Crippen molar-refractivity contribution in [3.05, 3.63) is 24.0 Å². The van der Waals surface area contributed by atoms with Crippen LogP contribution >= 0.6 is 11.8 Å². The molecule has 0 amide bonds. The van der Waals surface area contributed by atoms with Crippen molar-refractivity contribution in [1.82, 2.24) is 10.3 Å². The number of rotatable bonds is 5. The third-order valence-corrected chi connectivity index (χ3v) is 2.60. The molecule has 2 nitrogen and oxygen atoms in total. The Balaban J connectivity index is 2.45. The first-order valence-corrected chi connectivity index (χ1v) is 5.57. The van der Waals surface area contributed by atoms with Crippen LogP contribution in [0.5, 0.6) is 0 Å². The van der Waals surface area contributed by atoms with E-state index in [1.54, 1.807) is 0 Å². The summed E-state index contributed by atoms with van der Waals surface area (Å²) in [4.78, 5) is 3.23. The van der Waals surface area contributed by atoms with Gasteiger partial charge in [0.15, 0.2) is 0 Å². The second-order valence-corrected chi connectivity index (χ2v) is 3.73. The number of aromatic nitrogens is 1. The van der Waals surface area contributed by atoms with Crippen molar-refractivity contribution >= 4 is 11.8 Å². The van der Waals surface area contributed by atoms with E-state index in [0.29, 0.717) is 6.04 Å². The van der Waals surface area contributed by atoms with Gasteiger partial charge in [-0.1, -0.05) is 0 Å².